The van der Waals surface area contributed by atoms with Gasteiger partial charge in [0.2, 0.25) is 0 Å². The number of rotatable bonds is 1. The Hall–Kier alpha value is -0.0800. The Kier molecular flexibility index (Phi) is 2.69. The molecule has 10 heavy (non-hydrogen) atoms. The van der Waals surface area contributed by atoms with E-state index in [2.05, 4.69) is 31.4 Å². The van der Waals surface area contributed by atoms with E-state index in [1.807, 2.05) is 0 Å². The molecule has 0 aromatic rings. The number of hydrogen-bond acceptors (Lipinski definition) is 2. The SMILES string of the molecule is CC(C)C1CNC[C@@H](C)N1. The van der Waals surface area contributed by atoms with E-state index < -0.39 is 0 Å². The lowest BCUT2D eigenvalue weighted by Gasteiger charge is -2.32. The second kappa shape index (κ2) is 3.35. The van der Waals surface area contributed by atoms with E-state index in [1.165, 1.54) is 0 Å². The molecule has 60 valence electrons. The molecule has 2 N–H and O–H groups in total. The molecule has 1 aliphatic heterocycles. The molecule has 2 nitrogen and oxygen atoms in total. The zero-order valence-electron chi connectivity index (χ0n) is 7.15. The van der Waals surface area contributed by atoms with Gasteiger partial charge in [0.05, 0.1) is 0 Å². The van der Waals surface area contributed by atoms with Crippen molar-refractivity contribution in [2.75, 3.05) is 13.1 Å². The standard InChI is InChI=1S/C8H18N2/c1-6(2)8-5-9-4-7(3)10-8/h6-10H,4-5H2,1-3H3/t7-,8?/m1/s1. The molecule has 1 saturated heterocycles. The monoisotopic (exact) mass is 142 g/mol. The lowest BCUT2D eigenvalue weighted by Crippen LogP contribution is -2.55. The van der Waals surface area contributed by atoms with E-state index in [-0.39, 0.29) is 0 Å². The molecule has 2 atom stereocenters. The van der Waals surface area contributed by atoms with Crippen molar-refractivity contribution in [2.24, 2.45) is 5.92 Å². The molecular weight excluding hydrogens is 124 g/mol. The van der Waals surface area contributed by atoms with Crippen LogP contribution in [0, 0.1) is 5.92 Å². The van der Waals surface area contributed by atoms with Crippen LogP contribution in [-0.2, 0) is 0 Å². The second-order valence-electron chi connectivity index (χ2n) is 3.58. The lowest BCUT2D eigenvalue weighted by atomic mass is 10.0. The maximum absolute atomic E-state index is 3.55. The molecule has 2 heteroatoms. The van der Waals surface area contributed by atoms with Crippen LogP contribution in [0.3, 0.4) is 0 Å². The first-order chi connectivity index (χ1) is 4.70. The summed E-state index contributed by atoms with van der Waals surface area (Å²) in [6, 6.07) is 1.31. The number of piperazine rings is 1. The third kappa shape index (κ3) is 1.96. The van der Waals surface area contributed by atoms with Gasteiger partial charge in [0, 0.05) is 25.2 Å². The summed E-state index contributed by atoms with van der Waals surface area (Å²) >= 11 is 0. The largest absolute Gasteiger partial charge is 0.314 e. The van der Waals surface area contributed by atoms with E-state index >= 15 is 0 Å². The van der Waals surface area contributed by atoms with Gasteiger partial charge in [0.25, 0.3) is 0 Å². The average Bonchev–Trinajstić information content (AvgIpc) is 1.88. The van der Waals surface area contributed by atoms with Gasteiger partial charge >= 0.3 is 0 Å². The fourth-order valence-electron chi connectivity index (χ4n) is 1.37. The molecule has 0 aromatic carbocycles. The van der Waals surface area contributed by atoms with Crippen LogP contribution in [0.1, 0.15) is 20.8 Å². The highest BCUT2D eigenvalue weighted by atomic mass is 15.1. The van der Waals surface area contributed by atoms with Crippen molar-refractivity contribution < 1.29 is 0 Å². The molecule has 0 radical (unpaired) electrons. The van der Waals surface area contributed by atoms with Crippen molar-refractivity contribution in [2.45, 2.75) is 32.9 Å². The fraction of sp³-hybridized carbons (Fsp3) is 1.00. The summed E-state index contributed by atoms with van der Waals surface area (Å²) in [5.74, 6) is 0.746. The van der Waals surface area contributed by atoms with Crippen molar-refractivity contribution in [1.82, 2.24) is 10.6 Å². The van der Waals surface area contributed by atoms with E-state index in [1.54, 1.807) is 0 Å². The van der Waals surface area contributed by atoms with Crippen LogP contribution in [-0.4, -0.2) is 25.2 Å². The normalized spacial score (nSPS) is 34.8. The Balaban J connectivity index is 2.32. The quantitative estimate of drug-likeness (QED) is 0.560. The minimum atomic E-state index is 0.640. The van der Waals surface area contributed by atoms with Gasteiger partial charge in [-0.25, -0.2) is 0 Å². The highest BCUT2D eigenvalue weighted by Crippen LogP contribution is 2.04. The topological polar surface area (TPSA) is 24.1 Å². The molecule has 1 aliphatic rings. The molecule has 1 rings (SSSR count). The summed E-state index contributed by atoms with van der Waals surface area (Å²) in [5, 5.41) is 6.96. The van der Waals surface area contributed by atoms with Gasteiger partial charge in [0.15, 0.2) is 0 Å². The van der Waals surface area contributed by atoms with Gasteiger partial charge in [-0.15, -0.1) is 0 Å². The molecule has 0 aromatic heterocycles. The maximum Gasteiger partial charge on any atom is 0.0218 e. The van der Waals surface area contributed by atoms with Gasteiger partial charge < -0.3 is 10.6 Å². The van der Waals surface area contributed by atoms with Gasteiger partial charge in [0.1, 0.15) is 0 Å². The van der Waals surface area contributed by atoms with Crippen LogP contribution in [0.2, 0.25) is 0 Å². The third-order valence-electron chi connectivity index (χ3n) is 2.12. The van der Waals surface area contributed by atoms with Gasteiger partial charge in [-0.05, 0) is 12.8 Å². The van der Waals surface area contributed by atoms with E-state index in [0.29, 0.717) is 12.1 Å². The first-order valence-electron chi connectivity index (χ1n) is 4.17. The Labute approximate surface area is 63.4 Å². The van der Waals surface area contributed by atoms with Crippen LogP contribution in [0.4, 0.5) is 0 Å². The lowest BCUT2D eigenvalue weighted by molar-refractivity contribution is 0.296. The molecule has 0 spiro atoms. The third-order valence-corrected chi connectivity index (χ3v) is 2.12. The number of nitrogens with one attached hydrogen (secondary N) is 2. The fourth-order valence-corrected chi connectivity index (χ4v) is 1.37. The molecule has 1 fully saturated rings. The van der Waals surface area contributed by atoms with Crippen molar-refractivity contribution in [1.29, 1.82) is 0 Å². The molecule has 0 saturated carbocycles. The zero-order chi connectivity index (χ0) is 7.56. The smallest absolute Gasteiger partial charge is 0.0218 e. The highest BCUT2D eigenvalue weighted by molar-refractivity contribution is 4.82. The first kappa shape index (κ1) is 8.02. The van der Waals surface area contributed by atoms with Crippen LogP contribution in [0.5, 0.6) is 0 Å². The molecular formula is C8H18N2. The molecule has 0 aliphatic carbocycles. The summed E-state index contributed by atoms with van der Waals surface area (Å²) in [5.41, 5.74) is 0. The first-order valence-corrected chi connectivity index (χ1v) is 4.17. The van der Waals surface area contributed by atoms with Crippen molar-refractivity contribution in [3.8, 4) is 0 Å². The summed E-state index contributed by atoms with van der Waals surface area (Å²) in [4.78, 5) is 0. The Morgan fingerprint density at radius 3 is 2.40 bits per heavy atom. The van der Waals surface area contributed by atoms with Gasteiger partial charge in [-0.1, -0.05) is 13.8 Å². The number of hydrogen-bond donors (Lipinski definition) is 2. The maximum atomic E-state index is 3.55. The Bertz CT molecular complexity index is 101. The summed E-state index contributed by atoms with van der Waals surface area (Å²) in [6.07, 6.45) is 0. The van der Waals surface area contributed by atoms with Crippen LogP contribution >= 0.6 is 0 Å². The molecule has 1 heterocycles. The van der Waals surface area contributed by atoms with E-state index in [4.69, 9.17) is 0 Å². The molecule has 0 bridgehead atoms. The van der Waals surface area contributed by atoms with Crippen molar-refractivity contribution in [3.05, 3.63) is 0 Å². The second-order valence-corrected chi connectivity index (χ2v) is 3.58. The van der Waals surface area contributed by atoms with Crippen molar-refractivity contribution in [3.63, 3.8) is 0 Å². The van der Waals surface area contributed by atoms with Gasteiger partial charge in [-0.2, -0.15) is 0 Å². The predicted molar refractivity (Wildman–Crippen MR) is 44.1 cm³/mol. The summed E-state index contributed by atoms with van der Waals surface area (Å²) in [7, 11) is 0. The Morgan fingerprint density at radius 2 is 2.00 bits per heavy atom. The minimum absolute atomic E-state index is 0.640. The van der Waals surface area contributed by atoms with Gasteiger partial charge in [-0.3, -0.25) is 0 Å². The van der Waals surface area contributed by atoms with Crippen molar-refractivity contribution >= 4 is 0 Å². The van der Waals surface area contributed by atoms with Crippen LogP contribution in [0.25, 0.3) is 0 Å². The predicted octanol–water partition coefficient (Wildman–Crippen LogP) is 0.592. The minimum Gasteiger partial charge on any atom is -0.314 e. The van der Waals surface area contributed by atoms with Crippen LogP contribution < -0.4 is 10.6 Å². The van der Waals surface area contributed by atoms with Crippen LogP contribution in [0.15, 0.2) is 0 Å². The summed E-state index contributed by atoms with van der Waals surface area (Å²) in [6.45, 7) is 8.99. The Morgan fingerprint density at radius 1 is 1.30 bits per heavy atom. The molecule has 1 unspecified atom stereocenters. The van der Waals surface area contributed by atoms with E-state index in [0.717, 1.165) is 19.0 Å². The molecule has 0 amide bonds. The summed E-state index contributed by atoms with van der Waals surface area (Å²) < 4.78 is 0. The zero-order valence-corrected chi connectivity index (χ0v) is 7.15. The average molecular weight is 142 g/mol. The highest BCUT2D eigenvalue weighted by Gasteiger charge is 2.19. The van der Waals surface area contributed by atoms with E-state index in [9.17, 15) is 0 Å².